The minimum Gasteiger partial charge on any atom is -0.324 e. The molecular weight excluding hydrogens is 685 g/mol. The van der Waals surface area contributed by atoms with Crippen LogP contribution >= 0.6 is 11.3 Å². The highest BCUT2D eigenvalue weighted by Gasteiger charge is 2.44. The molecule has 0 spiro atoms. The normalized spacial score (nSPS) is 17.4. The molecule has 1 fully saturated rings. The molecule has 49 heavy (non-hydrogen) atoms. The van der Waals surface area contributed by atoms with Gasteiger partial charge in [-0.3, -0.25) is 14.6 Å². The summed E-state index contributed by atoms with van der Waals surface area (Å²) in [6.45, 7) is 5.33. The van der Waals surface area contributed by atoms with Gasteiger partial charge in [0, 0.05) is 56.1 Å². The van der Waals surface area contributed by atoms with E-state index in [2.05, 4.69) is 25.9 Å². The van der Waals surface area contributed by atoms with Crippen molar-refractivity contribution in [3.05, 3.63) is 101 Å². The van der Waals surface area contributed by atoms with Crippen LogP contribution in [-0.2, 0) is 26.0 Å². The van der Waals surface area contributed by atoms with Crippen molar-refractivity contribution in [2.45, 2.75) is 55.7 Å². The Balaban J connectivity index is 1.38. The van der Waals surface area contributed by atoms with E-state index in [4.69, 9.17) is 0 Å². The number of pyridine rings is 1. The van der Waals surface area contributed by atoms with Crippen LogP contribution in [0, 0.1) is 30.2 Å². The van der Waals surface area contributed by atoms with Crippen LogP contribution in [0.3, 0.4) is 0 Å². The Morgan fingerprint density at radius 3 is 2.39 bits per heavy atom. The van der Waals surface area contributed by atoms with Gasteiger partial charge in [-0.25, -0.2) is 31.0 Å². The van der Waals surface area contributed by atoms with Crippen LogP contribution in [-0.4, -0.2) is 59.7 Å². The van der Waals surface area contributed by atoms with Crippen molar-refractivity contribution in [3.8, 4) is 0 Å². The first-order valence-corrected chi connectivity index (χ1v) is 17.5. The highest BCUT2D eigenvalue weighted by Crippen LogP contribution is 2.36. The first kappa shape index (κ1) is 36.0. The van der Waals surface area contributed by atoms with Gasteiger partial charge < -0.3 is 16.0 Å². The quantitative estimate of drug-likeness (QED) is 0.174. The lowest BCUT2D eigenvalue weighted by atomic mass is 9.88. The first-order valence-electron chi connectivity index (χ1n) is 15.3. The number of thiazole rings is 1. The molecule has 3 heterocycles. The van der Waals surface area contributed by atoms with Gasteiger partial charge in [0.2, 0.25) is 11.8 Å². The summed E-state index contributed by atoms with van der Waals surface area (Å²) in [5.41, 5.74) is -0.0827. The van der Waals surface area contributed by atoms with Crippen molar-refractivity contribution in [2.75, 3.05) is 30.3 Å². The third-order valence-electron chi connectivity index (χ3n) is 8.30. The summed E-state index contributed by atoms with van der Waals surface area (Å²) < 4.78 is 86.6. The van der Waals surface area contributed by atoms with Crippen LogP contribution in [0.5, 0.6) is 0 Å². The minimum atomic E-state index is -4.09. The second kappa shape index (κ2) is 14.7. The fraction of sp³-hybridized carbons (Fsp3) is 0.333. The molecule has 260 valence electrons. The summed E-state index contributed by atoms with van der Waals surface area (Å²) >= 11 is 0.850. The number of carbonyl (C=O) groups is 2. The molecule has 1 aliphatic rings. The van der Waals surface area contributed by atoms with Crippen LogP contribution in [0.4, 0.5) is 28.4 Å². The van der Waals surface area contributed by atoms with Gasteiger partial charge in [-0.05, 0) is 62.1 Å². The Morgan fingerprint density at radius 1 is 1.02 bits per heavy atom. The molecule has 2 aromatic carbocycles. The van der Waals surface area contributed by atoms with Crippen LogP contribution in [0.15, 0.2) is 59.1 Å². The topological polar surface area (TPSA) is 133 Å². The number of anilines is 2. The predicted octanol–water partition coefficient (Wildman–Crippen LogP) is 5.51. The molecule has 1 aliphatic heterocycles. The molecule has 0 saturated carbocycles. The van der Waals surface area contributed by atoms with E-state index in [1.807, 2.05) is 0 Å². The SMILES string of the molecule is CC(=O)Nc1nc(C)c(S(=O)(=O)N2CCNC[C@]2(C)CCc2c(F)cncc2NC(=O)C[C@@H](c2ccc(F)cc2)c2cc(F)cc(F)c2)s1. The number of nitrogens with one attached hydrogen (secondary N) is 3. The maximum atomic E-state index is 15.3. The molecule has 0 unspecified atom stereocenters. The second-order valence-corrected chi connectivity index (χ2v) is 15.1. The van der Waals surface area contributed by atoms with Crippen LogP contribution in [0.25, 0.3) is 0 Å². The number of halogens is 4. The van der Waals surface area contributed by atoms with Gasteiger partial charge in [0.05, 0.1) is 23.8 Å². The molecule has 2 aromatic heterocycles. The average molecular weight is 719 g/mol. The molecule has 2 amide bonds. The Bertz CT molecular complexity index is 1960. The molecule has 2 atom stereocenters. The maximum absolute atomic E-state index is 15.3. The Kier molecular flexibility index (Phi) is 10.8. The van der Waals surface area contributed by atoms with E-state index in [0.717, 1.165) is 29.7 Å². The molecule has 10 nitrogen and oxygen atoms in total. The van der Waals surface area contributed by atoms with E-state index in [1.54, 1.807) is 13.8 Å². The number of hydrogen-bond acceptors (Lipinski definition) is 8. The van der Waals surface area contributed by atoms with Gasteiger partial charge in [-0.15, -0.1) is 0 Å². The number of aryl methyl sites for hydroxylation is 1. The minimum absolute atomic E-state index is 0.00345. The summed E-state index contributed by atoms with van der Waals surface area (Å²) in [6.07, 6.45) is 2.07. The molecule has 1 saturated heterocycles. The van der Waals surface area contributed by atoms with Gasteiger partial charge in [-0.1, -0.05) is 23.5 Å². The Morgan fingerprint density at radius 2 is 1.71 bits per heavy atom. The van der Waals surface area contributed by atoms with E-state index >= 15 is 4.39 Å². The second-order valence-electron chi connectivity index (χ2n) is 12.0. The predicted molar refractivity (Wildman–Crippen MR) is 177 cm³/mol. The van der Waals surface area contributed by atoms with Crippen molar-refractivity contribution in [3.63, 3.8) is 0 Å². The van der Waals surface area contributed by atoms with Crippen LogP contribution in [0.1, 0.15) is 55.0 Å². The van der Waals surface area contributed by atoms with E-state index in [9.17, 15) is 31.2 Å². The molecule has 0 radical (unpaired) electrons. The van der Waals surface area contributed by atoms with E-state index in [0.29, 0.717) is 18.2 Å². The standard InChI is InChI=1S/C33H34F4N6O4S2/c1-19-31(48-32(40-19)41-20(2)44)49(46,47)43-11-10-38-18-33(43,3)9-8-26-28(37)16-39-17-29(26)42-30(45)15-27(21-4-6-23(34)7-5-21)22-12-24(35)14-25(36)13-22/h4-7,12-14,16-17,27,38H,8-11,15,18H2,1-3H3,(H,42,45)(H,40,41,44)/t27-,33-/m0/s1. The monoisotopic (exact) mass is 718 g/mol. The molecule has 4 aromatic rings. The largest absolute Gasteiger partial charge is 0.324 e. The van der Waals surface area contributed by atoms with Crippen LogP contribution in [0.2, 0.25) is 0 Å². The number of carbonyl (C=O) groups excluding carboxylic acids is 2. The zero-order chi connectivity index (χ0) is 35.5. The van der Waals surface area contributed by atoms with Gasteiger partial charge >= 0.3 is 0 Å². The summed E-state index contributed by atoms with van der Waals surface area (Å²) in [4.78, 5) is 33.0. The fourth-order valence-electron chi connectivity index (χ4n) is 5.95. The molecule has 0 bridgehead atoms. The first-order chi connectivity index (χ1) is 23.2. The number of piperazine rings is 1. The zero-order valence-electron chi connectivity index (χ0n) is 26.8. The number of aromatic nitrogens is 2. The van der Waals surface area contributed by atoms with Gasteiger partial charge in [0.25, 0.3) is 10.0 Å². The van der Waals surface area contributed by atoms with Crippen LogP contribution < -0.4 is 16.0 Å². The number of benzene rings is 2. The Hall–Kier alpha value is -4.25. The number of rotatable bonds is 11. The van der Waals surface area contributed by atoms with E-state index < -0.39 is 50.7 Å². The summed E-state index contributed by atoms with van der Waals surface area (Å²) in [6, 6.07) is 8.06. The molecule has 16 heteroatoms. The average Bonchev–Trinajstić information content (AvgIpc) is 3.39. The fourth-order valence-corrected chi connectivity index (χ4v) is 9.31. The number of sulfonamides is 1. The number of nitrogens with zero attached hydrogens (tertiary/aromatic N) is 3. The lowest BCUT2D eigenvalue weighted by molar-refractivity contribution is -0.116. The zero-order valence-corrected chi connectivity index (χ0v) is 28.5. The van der Waals surface area contributed by atoms with Crippen molar-refractivity contribution in [2.24, 2.45) is 0 Å². The summed E-state index contributed by atoms with van der Waals surface area (Å²) in [7, 11) is -4.09. The molecule has 5 rings (SSSR count). The van der Waals surface area contributed by atoms with E-state index in [-0.39, 0.29) is 70.1 Å². The lowest BCUT2D eigenvalue weighted by Crippen LogP contribution is -2.61. The van der Waals surface area contributed by atoms with E-state index in [1.165, 1.54) is 41.7 Å². The lowest BCUT2D eigenvalue weighted by Gasteiger charge is -2.44. The number of amides is 2. The molecule has 0 aliphatic carbocycles. The smallest absolute Gasteiger partial charge is 0.255 e. The van der Waals surface area contributed by atoms with Crippen molar-refractivity contribution in [1.82, 2.24) is 19.6 Å². The van der Waals surface area contributed by atoms with Crippen molar-refractivity contribution in [1.29, 1.82) is 0 Å². The summed E-state index contributed by atoms with van der Waals surface area (Å²) in [5.74, 6) is -4.83. The number of hydrogen-bond donors (Lipinski definition) is 3. The van der Waals surface area contributed by atoms with Gasteiger partial charge in [-0.2, -0.15) is 4.31 Å². The van der Waals surface area contributed by atoms with Gasteiger partial charge in [0.1, 0.15) is 23.3 Å². The molecule has 3 N–H and O–H groups in total. The van der Waals surface area contributed by atoms with Crippen molar-refractivity contribution < 1.29 is 35.6 Å². The highest BCUT2D eigenvalue weighted by atomic mass is 32.2. The Labute approximate surface area is 285 Å². The maximum Gasteiger partial charge on any atom is 0.255 e. The third-order valence-corrected chi connectivity index (χ3v) is 12.0. The highest BCUT2D eigenvalue weighted by molar-refractivity contribution is 7.91. The molecular formula is C33H34F4N6O4S2. The van der Waals surface area contributed by atoms with Gasteiger partial charge in [0.15, 0.2) is 9.34 Å². The van der Waals surface area contributed by atoms with Crippen molar-refractivity contribution >= 4 is 44.0 Å². The summed E-state index contributed by atoms with van der Waals surface area (Å²) in [5, 5.41) is 8.54. The third kappa shape index (κ3) is 8.32.